The second-order valence-electron chi connectivity index (χ2n) is 6.25. The predicted octanol–water partition coefficient (Wildman–Crippen LogP) is 3.27. The van der Waals surface area contributed by atoms with Gasteiger partial charge < -0.3 is 10.1 Å². The number of nitro groups is 1. The Labute approximate surface area is 119 Å². The van der Waals surface area contributed by atoms with E-state index in [0.717, 1.165) is 12.0 Å². The van der Waals surface area contributed by atoms with E-state index in [9.17, 15) is 10.1 Å². The molecule has 5 heteroatoms. The Morgan fingerprint density at radius 2 is 2.25 bits per heavy atom. The summed E-state index contributed by atoms with van der Waals surface area (Å²) in [6, 6.07) is 5.63. The number of rotatable bonds is 5. The van der Waals surface area contributed by atoms with Crippen molar-refractivity contribution in [1.29, 1.82) is 0 Å². The van der Waals surface area contributed by atoms with Gasteiger partial charge in [-0.05, 0) is 36.3 Å². The average Bonchev–Trinajstić information content (AvgIpc) is 2.75. The number of methoxy groups -OCH3 is 1. The monoisotopic (exact) mass is 278 g/mol. The minimum Gasteiger partial charge on any atom is -0.490 e. The van der Waals surface area contributed by atoms with Gasteiger partial charge in [-0.1, -0.05) is 19.9 Å². The fourth-order valence-electron chi connectivity index (χ4n) is 2.86. The van der Waals surface area contributed by atoms with Crippen LogP contribution in [0.2, 0.25) is 0 Å². The third kappa shape index (κ3) is 3.48. The summed E-state index contributed by atoms with van der Waals surface area (Å²) in [6.45, 7) is 5.23. The molecule has 0 radical (unpaired) electrons. The van der Waals surface area contributed by atoms with Gasteiger partial charge >= 0.3 is 5.69 Å². The Kier molecular flexibility index (Phi) is 4.28. The van der Waals surface area contributed by atoms with E-state index in [1.165, 1.54) is 20.0 Å². The summed E-state index contributed by atoms with van der Waals surface area (Å²) in [5.41, 5.74) is 1.35. The van der Waals surface area contributed by atoms with Gasteiger partial charge in [0, 0.05) is 18.7 Å². The number of hydrogen-bond acceptors (Lipinski definition) is 4. The maximum Gasteiger partial charge on any atom is 0.311 e. The van der Waals surface area contributed by atoms with Crippen molar-refractivity contribution in [2.75, 3.05) is 7.11 Å². The van der Waals surface area contributed by atoms with Crippen molar-refractivity contribution >= 4 is 5.69 Å². The zero-order valence-electron chi connectivity index (χ0n) is 12.3. The van der Waals surface area contributed by atoms with Crippen molar-refractivity contribution < 1.29 is 9.66 Å². The number of nitrogens with one attached hydrogen (secondary N) is 1. The highest BCUT2D eigenvalue weighted by molar-refractivity contribution is 5.48. The number of ether oxygens (including phenoxy) is 1. The first kappa shape index (κ1) is 14.8. The van der Waals surface area contributed by atoms with Crippen LogP contribution in [-0.4, -0.2) is 18.1 Å². The van der Waals surface area contributed by atoms with Crippen LogP contribution in [0.3, 0.4) is 0 Å². The van der Waals surface area contributed by atoms with Crippen molar-refractivity contribution in [2.45, 2.75) is 45.7 Å². The summed E-state index contributed by atoms with van der Waals surface area (Å²) in [5.74, 6) is 0.306. The molecule has 20 heavy (non-hydrogen) atoms. The quantitative estimate of drug-likeness (QED) is 0.663. The molecule has 0 heterocycles. The summed E-state index contributed by atoms with van der Waals surface area (Å²) in [4.78, 5) is 10.6. The zero-order chi connectivity index (χ0) is 14.8. The molecule has 0 saturated heterocycles. The van der Waals surface area contributed by atoms with E-state index in [2.05, 4.69) is 19.2 Å². The van der Waals surface area contributed by atoms with Gasteiger partial charge in [0.05, 0.1) is 12.0 Å². The van der Waals surface area contributed by atoms with Gasteiger partial charge in [-0.25, -0.2) is 0 Å². The van der Waals surface area contributed by atoms with Crippen molar-refractivity contribution in [1.82, 2.24) is 5.32 Å². The molecule has 5 nitrogen and oxygen atoms in total. The predicted molar refractivity (Wildman–Crippen MR) is 77.9 cm³/mol. The number of hydrogen-bond donors (Lipinski definition) is 1. The molecule has 0 bridgehead atoms. The highest BCUT2D eigenvalue weighted by Gasteiger charge is 2.30. The average molecular weight is 278 g/mol. The molecule has 0 aromatic heterocycles. The molecule has 1 aromatic rings. The molecule has 0 aliphatic heterocycles. The Hall–Kier alpha value is -1.62. The summed E-state index contributed by atoms with van der Waals surface area (Å²) in [7, 11) is 1.45. The molecule has 1 aliphatic rings. The highest BCUT2D eigenvalue weighted by atomic mass is 16.6. The molecular formula is C15H22N2O3. The minimum atomic E-state index is -0.402. The molecular weight excluding hydrogens is 256 g/mol. The lowest BCUT2D eigenvalue weighted by atomic mass is 9.92. The first-order valence-corrected chi connectivity index (χ1v) is 6.96. The van der Waals surface area contributed by atoms with Gasteiger partial charge in [-0.15, -0.1) is 0 Å². The fraction of sp³-hybridized carbons (Fsp3) is 0.600. The van der Waals surface area contributed by atoms with Crippen molar-refractivity contribution in [3.8, 4) is 5.75 Å². The molecule has 1 fully saturated rings. The second kappa shape index (κ2) is 5.79. The van der Waals surface area contributed by atoms with Crippen LogP contribution in [0.15, 0.2) is 18.2 Å². The largest absolute Gasteiger partial charge is 0.490 e. The van der Waals surface area contributed by atoms with E-state index < -0.39 is 4.92 Å². The van der Waals surface area contributed by atoms with Gasteiger partial charge in [0.15, 0.2) is 5.75 Å². The molecule has 0 spiro atoms. The summed E-state index contributed by atoms with van der Waals surface area (Å²) >= 11 is 0. The lowest BCUT2D eigenvalue weighted by molar-refractivity contribution is -0.385. The summed E-state index contributed by atoms with van der Waals surface area (Å²) in [5, 5.41) is 14.5. The third-order valence-corrected chi connectivity index (χ3v) is 4.00. The molecule has 110 valence electrons. The topological polar surface area (TPSA) is 64.4 Å². The van der Waals surface area contributed by atoms with Gasteiger partial charge in [0.2, 0.25) is 0 Å². The normalized spacial score (nSPS) is 20.9. The Balaban J connectivity index is 2.00. The van der Waals surface area contributed by atoms with E-state index in [1.54, 1.807) is 12.1 Å². The molecule has 1 atom stereocenters. The van der Waals surface area contributed by atoms with E-state index in [0.29, 0.717) is 23.8 Å². The van der Waals surface area contributed by atoms with Gasteiger partial charge in [0.1, 0.15) is 0 Å². The number of nitro benzene ring substituents is 1. The van der Waals surface area contributed by atoms with E-state index in [4.69, 9.17) is 4.74 Å². The SMILES string of the molecule is COc1ccc(CNC2CCC(C)(C)C2)cc1[N+](=O)[O-]. The fourth-order valence-corrected chi connectivity index (χ4v) is 2.86. The molecule has 1 saturated carbocycles. The molecule has 1 aromatic carbocycles. The van der Waals surface area contributed by atoms with Crippen LogP contribution in [-0.2, 0) is 6.54 Å². The lowest BCUT2D eigenvalue weighted by Crippen LogP contribution is -2.26. The van der Waals surface area contributed by atoms with Gasteiger partial charge in [-0.3, -0.25) is 10.1 Å². The molecule has 1 N–H and O–H groups in total. The van der Waals surface area contributed by atoms with Gasteiger partial charge in [0.25, 0.3) is 0 Å². The zero-order valence-corrected chi connectivity index (χ0v) is 12.3. The van der Waals surface area contributed by atoms with E-state index >= 15 is 0 Å². The Morgan fingerprint density at radius 1 is 1.50 bits per heavy atom. The highest BCUT2D eigenvalue weighted by Crippen LogP contribution is 2.37. The molecule has 2 rings (SSSR count). The Bertz CT molecular complexity index is 500. The maximum absolute atomic E-state index is 11.0. The lowest BCUT2D eigenvalue weighted by Gasteiger charge is -2.18. The second-order valence-corrected chi connectivity index (χ2v) is 6.25. The van der Waals surface area contributed by atoms with Crippen LogP contribution >= 0.6 is 0 Å². The minimum absolute atomic E-state index is 0.0264. The number of benzene rings is 1. The van der Waals surface area contributed by atoms with Crippen LogP contribution in [0, 0.1) is 15.5 Å². The van der Waals surface area contributed by atoms with Crippen LogP contribution in [0.4, 0.5) is 5.69 Å². The standard InChI is InChI=1S/C15H22N2O3/c1-15(2)7-6-12(9-15)16-10-11-4-5-14(20-3)13(8-11)17(18)19/h4-5,8,12,16H,6-7,9-10H2,1-3H3. The van der Waals surface area contributed by atoms with Crippen molar-refractivity contribution in [3.05, 3.63) is 33.9 Å². The van der Waals surface area contributed by atoms with E-state index in [-0.39, 0.29) is 5.69 Å². The third-order valence-electron chi connectivity index (χ3n) is 4.00. The van der Waals surface area contributed by atoms with Crippen LogP contribution in [0.5, 0.6) is 5.75 Å². The van der Waals surface area contributed by atoms with E-state index in [1.807, 2.05) is 6.07 Å². The molecule has 0 amide bonds. The number of nitrogens with zero attached hydrogens (tertiary/aromatic N) is 1. The Morgan fingerprint density at radius 3 is 2.80 bits per heavy atom. The maximum atomic E-state index is 11.0. The summed E-state index contributed by atoms with van der Waals surface area (Å²) in [6.07, 6.45) is 3.56. The first-order chi connectivity index (χ1) is 9.41. The van der Waals surface area contributed by atoms with Crippen LogP contribution < -0.4 is 10.1 Å². The van der Waals surface area contributed by atoms with Crippen molar-refractivity contribution in [2.24, 2.45) is 5.41 Å². The first-order valence-electron chi connectivity index (χ1n) is 6.96. The molecule has 1 aliphatic carbocycles. The summed E-state index contributed by atoms with van der Waals surface area (Å²) < 4.78 is 5.00. The van der Waals surface area contributed by atoms with Crippen LogP contribution in [0.25, 0.3) is 0 Å². The smallest absolute Gasteiger partial charge is 0.311 e. The van der Waals surface area contributed by atoms with Crippen LogP contribution in [0.1, 0.15) is 38.7 Å². The molecule has 1 unspecified atom stereocenters. The van der Waals surface area contributed by atoms with Gasteiger partial charge in [-0.2, -0.15) is 0 Å². The van der Waals surface area contributed by atoms with Crippen molar-refractivity contribution in [3.63, 3.8) is 0 Å².